The maximum atomic E-state index is 11.4. The average Bonchev–Trinajstić information content (AvgIpc) is 2.63. The van der Waals surface area contributed by atoms with Crippen molar-refractivity contribution in [2.75, 3.05) is 11.6 Å². The van der Waals surface area contributed by atoms with Crippen LogP contribution in [-0.2, 0) is 9.59 Å². The Morgan fingerprint density at radius 2 is 2.43 bits per heavy atom. The van der Waals surface area contributed by atoms with Gasteiger partial charge in [-0.05, 0) is 11.4 Å². The average molecular weight is 210 g/mol. The summed E-state index contributed by atoms with van der Waals surface area (Å²) < 4.78 is 0. The van der Waals surface area contributed by atoms with Crippen molar-refractivity contribution >= 4 is 28.8 Å². The zero-order valence-corrected chi connectivity index (χ0v) is 8.58. The highest BCUT2D eigenvalue weighted by Gasteiger charge is 2.32. The molecule has 2 amide bonds. The Hall–Kier alpha value is -1.36. The molecule has 1 aliphatic rings. The maximum Gasteiger partial charge on any atom is 0.243 e. The molecule has 0 radical (unpaired) electrons. The van der Waals surface area contributed by atoms with E-state index in [4.69, 9.17) is 0 Å². The van der Waals surface area contributed by atoms with E-state index in [9.17, 15) is 9.59 Å². The Kier molecular flexibility index (Phi) is 2.25. The van der Waals surface area contributed by atoms with E-state index in [-0.39, 0.29) is 11.8 Å². The zero-order chi connectivity index (χ0) is 10.1. The van der Waals surface area contributed by atoms with E-state index in [1.165, 1.54) is 28.3 Å². The summed E-state index contributed by atoms with van der Waals surface area (Å²) in [5.41, 5.74) is 0.774. The SMILES string of the molecule is CC(=O)N(c1ccsc1)N1CCC1=O. The molecule has 0 aliphatic carbocycles. The van der Waals surface area contributed by atoms with Crippen LogP contribution in [0.2, 0.25) is 0 Å². The fourth-order valence-electron chi connectivity index (χ4n) is 1.38. The summed E-state index contributed by atoms with van der Waals surface area (Å²) in [6.07, 6.45) is 0.536. The van der Waals surface area contributed by atoms with E-state index >= 15 is 0 Å². The van der Waals surface area contributed by atoms with Crippen molar-refractivity contribution in [3.05, 3.63) is 16.8 Å². The highest BCUT2D eigenvalue weighted by atomic mass is 32.1. The lowest BCUT2D eigenvalue weighted by Gasteiger charge is -2.39. The normalized spacial score (nSPS) is 15.2. The first-order valence-electron chi connectivity index (χ1n) is 4.33. The van der Waals surface area contributed by atoms with Gasteiger partial charge in [-0.15, -0.1) is 0 Å². The molecule has 1 aromatic heterocycles. The molecule has 4 nitrogen and oxygen atoms in total. The zero-order valence-electron chi connectivity index (χ0n) is 7.77. The highest BCUT2D eigenvalue weighted by molar-refractivity contribution is 7.08. The topological polar surface area (TPSA) is 40.6 Å². The van der Waals surface area contributed by atoms with Crippen molar-refractivity contribution in [3.8, 4) is 0 Å². The second kappa shape index (κ2) is 3.42. The second-order valence-electron chi connectivity index (χ2n) is 3.08. The molecule has 5 heteroatoms. The maximum absolute atomic E-state index is 11.4. The van der Waals surface area contributed by atoms with Crippen molar-refractivity contribution in [3.63, 3.8) is 0 Å². The van der Waals surface area contributed by atoms with Crippen LogP contribution in [0.5, 0.6) is 0 Å². The van der Waals surface area contributed by atoms with Gasteiger partial charge >= 0.3 is 0 Å². The van der Waals surface area contributed by atoms with Gasteiger partial charge in [0.1, 0.15) is 0 Å². The second-order valence-corrected chi connectivity index (χ2v) is 3.86. The number of thiophene rings is 1. The van der Waals surface area contributed by atoms with Gasteiger partial charge in [0.05, 0.1) is 12.2 Å². The van der Waals surface area contributed by atoms with Crippen molar-refractivity contribution < 1.29 is 9.59 Å². The number of hydrogen-bond acceptors (Lipinski definition) is 3. The molecule has 0 unspecified atom stereocenters. The van der Waals surface area contributed by atoms with Gasteiger partial charge in [-0.2, -0.15) is 11.3 Å². The fourth-order valence-corrected chi connectivity index (χ4v) is 2.00. The predicted octanol–water partition coefficient (Wildman–Crippen LogP) is 1.25. The van der Waals surface area contributed by atoms with E-state index in [0.29, 0.717) is 13.0 Å². The smallest absolute Gasteiger partial charge is 0.243 e. The summed E-state index contributed by atoms with van der Waals surface area (Å²) in [7, 11) is 0. The first-order valence-corrected chi connectivity index (χ1v) is 5.27. The van der Waals surface area contributed by atoms with Crippen LogP contribution < -0.4 is 5.01 Å². The summed E-state index contributed by atoms with van der Waals surface area (Å²) in [6, 6.07) is 1.83. The molecule has 0 aromatic carbocycles. The largest absolute Gasteiger partial charge is 0.273 e. The number of amides is 2. The number of hydrazine groups is 1. The predicted molar refractivity (Wildman–Crippen MR) is 53.8 cm³/mol. The highest BCUT2D eigenvalue weighted by Crippen LogP contribution is 2.24. The number of carbonyl (C=O) groups excluding carboxylic acids is 2. The van der Waals surface area contributed by atoms with Crippen LogP contribution in [0.4, 0.5) is 5.69 Å². The molecule has 1 aromatic rings. The van der Waals surface area contributed by atoms with Crippen molar-refractivity contribution in [2.24, 2.45) is 0 Å². The van der Waals surface area contributed by atoms with Gasteiger partial charge in [0, 0.05) is 18.7 Å². The van der Waals surface area contributed by atoms with E-state index < -0.39 is 0 Å². The molecule has 2 rings (SSSR count). The molecule has 0 spiro atoms. The Morgan fingerprint density at radius 3 is 2.79 bits per heavy atom. The molecule has 14 heavy (non-hydrogen) atoms. The Morgan fingerprint density at radius 1 is 1.64 bits per heavy atom. The molecule has 1 fully saturated rings. The quantitative estimate of drug-likeness (QED) is 0.689. The van der Waals surface area contributed by atoms with Gasteiger partial charge in [-0.1, -0.05) is 0 Å². The van der Waals surface area contributed by atoms with Crippen molar-refractivity contribution in [1.29, 1.82) is 0 Å². The standard InChI is InChI=1S/C9H10N2O2S/c1-7(12)11(8-3-5-14-6-8)10-4-2-9(10)13/h3,5-6H,2,4H2,1H3. The molecule has 0 atom stereocenters. The third-order valence-corrected chi connectivity index (χ3v) is 2.79. The third-order valence-electron chi connectivity index (χ3n) is 2.12. The van der Waals surface area contributed by atoms with Crippen LogP contribution in [0.3, 0.4) is 0 Å². The van der Waals surface area contributed by atoms with Gasteiger partial charge < -0.3 is 0 Å². The van der Waals surface area contributed by atoms with Gasteiger partial charge in [0.25, 0.3) is 0 Å². The Labute approximate surface area is 85.7 Å². The molecule has 2 heterocycles. The Balaban J connectivity index is 2.24. The lowest BCUT2D eigenvalue weighted by molar-refractivity contribution is -0.144. The molecular weight excluding hydrogens is 200 g/mol. The van der Waals surface area contributed by atoms with Crippen LogP contribution in [-0.4, -0.2) is 23.4 Å². The molecule has 1 saturated heterocycles. The monoisotopic (exact) mass is 210 g/mol. The Bertz CT molecular complexity index is 361. The summed E-state index contributed by atoms with van der Waals surface area (Å²) >= 11 is 1.51. The molecule has 74 valence electrons. The van der Waals surface area contributed by atoms with E-state index in [1.54, 1.807) is 0 Å². The third kappa shape index (κ3) is 1.39. The lowest BCUT2D eigenvalue weighted by atomic mass is 10.2. The minimum Gasteiger partial charge on any atom is -0.273 e. The lowest BCUT2D eigenvalue weighted by Crippen LogP contribution is -2.56. The number of β-lactam (4-membered cyclic amide) rings is 1. The summed E-state index contributed by atoms with van der Waals surface area (Å²) in [5, 5.41) is 6.65. The molecule has 0 N–H and O–H groups in total. The van der Waals surface area contributed by atoms with E-state index in [1.807, 2.05) is 16.8 Å². The molecule has 1 aliphatic heterocycles. The number of anilines is 1. The van der Waals surface area contributed by atoms with Gasteiger partial charge in [0.2, 0.25) is 11.8 Å². The number of nitrogens with zero attached hydrogens (tertiary/aromatic N) is 2. The van der Waals surface area contributed by atoms with Crippen LogP contribution in [0.1, 0.15) is 13.3 Å². The first kappa shape index (κ1) is 9.21. The number of carbonyl (C=O) groups is 2. The minimum atomic E-state index is -0.128. The molecule has 0 bridgehead atoms. The van der Waals surface area contributed by atoms with Crippen LogP contribution >= 0.6 is 11.3 Å². The fraction of sp³-hybridized carbons (Fsp3) is 0.333. The first-order chi connectivity index (χ1) is 6.70. The minimum absolute atomic E-state index is 0.00593. The van der Waals surface area contributed by atoms with Crippen molar-refractivity contribution in [1.82, 2.24) is 5.01 Å². The van der Waals surface area contributed by atoms with Crippen LogP contribution in [0.25, 0.3) is 0 Å². The summed E-state index contributed by atoms with van der Waals surface area (Å²) in [4.78, 5) is 22.6. The van der Waals surface area contributed by atoms with Crippen LogP contribution in [0, 0.1) is 0 Å². The summed E-state index contributed by atoms with van der Waals surface area (Å²) in [6.45, 7) is 2.09. The van der Waals surface area contributed by atoms with Crippen molar-refractivity contribution in [2.45, 2.75) is 13.3 Å². The summed E-state index contributed by atoms with van der Waals surface area (Å²) in [5.74, 6) is -0.122. The number of rotatable bonds is 2. The van der Waals surface area contributed by atoms with Gasteiger partial charge in [-0.3, -0.25) is 9.59 Å². The molecular formula is C9H10N2O2S. The number of hydrogen-bond donors (Lipinski definition) is 0. The van der Waals surface area contributed by atoms with E-state index in [2.05, 4.69) is 0 Å². The van der Waals surface area contributed by atoms with Crippen LogP contribution in [0.15, 0.2) is 16.8 Å². The molecule has 0 saturated carbocycles. The van der Waals surface area contributed by atoms with Gasteiger partial charge in [0.15, 0.2) is 0 Å². The van der Waals surface area contributed by atoms with E-state index in [0.717, 1.165) is 5.69 Å². The van der Waals surface area contributed by atoms with Gasteiger partial charge in [-0.25, -0.2) is 10.0 Å².